The molecule has 0 radical (unpaired) electrons. The van der Waals surface area contributed by atoms with Crippen molar-refractivity contribution in [3.05, 3.63) is 23.0 Å². The van der Waals surface area contributed by atoms with Gasteiger partial charge in [0, 0.05) is 56.7 Å². The third kappa shape index (κ3) is 4.99. The molecule has 0 aromatic carbocycles. The first kappa shape index (κ1) is 20.3. The highest BCUT2D eigenvalue weighted by Crippen LogP contribution is 2.32. The summed E-state index contributed by atoms with van der Waals surface area (Å²) in [6.07, 6.45) is 6.48. The summed E-state index contributed by atoms with van der Waals surface area (Å²) >= 11 is 0. The molecule has 25 heavy (non-hydrogen) atoms. The van der Waals surface area contributed by atoms with Crippen LogP contribution in [0.1, 0.15) is 59.9 Å². The van der Waals surface area contributed by atoms with Crippen LogP contribution in [0.4, 0.5) is 0 Å². The summed E-state index contributed by atoms with van der Waals surface area (Å²) in [5, 5.41) is 6.47. The van der Waals surface area contributed by atoms with Crippen molar-refractivity contribution >= 4 is 18.3 Å². The maximum atomic E-state index is 12.6. The fourth-order valence-electron chi connectivity index (χ4n) is 4.27. The second-order valence-electron chi connectivity index (χ2n) is 7.29. The number of carbonyl (C=O) groups excluding carboxylic acids is 1. The molecule has 1 aliphatic heterocycles. The molecule has 6 heteroatoms. The standard InChI is InChI=1S/C19H32N4O.ClH/c1-15-14-18(16(2)23(15)17-6-4-3-5-7-17)19(24)21-10-13-22-11-8-20-9-12-22;/h14,17,20H,3-13H2,1-2H3,(H,21,24);1H. The van der Waals surface area contributed by atoms with Gasteiger partial charge in [-0.3, -0.25) is 9.69 Å². The summed E-state index contributed by atoms with van der Waals surface area (Å²) in [5.41, 5.74) is 3.23. The Hall–Kier alpha value is -1.04. The van der Waals surface area contributed by atoms with E-state index in [1.807, 2.05) is 0 Å². The Bertz CT molecular complexity index is 560. The Morgan fingerprint density at radius 3 is 2.56 bits per heavy atom. The van der Waals surface area contributed by atoms with Crippen LogP contribution in [0.15, 0.2) is 6.07 Å². The molecule has 0 spiro atoms. The van der Waals surface area contributed by atoms with Crippen molar-refractivity contribution in [1.29, 1.82) is 0 Å². The highest BCUT2D eigenvalue weighted by atomic mass is 35.5. The second-order valence-corrected chi connectivity index (χ2v) is 7.29. The van der Waals surface area contributed by atoms with Gasteiger partial charge in [0.2, 0.25) is 0 Å². The van der Waals surface area contributed by atoms with Crippen LogP contribution in [-0.4, -0.2) is 54.6 Å². The van der Waals surface area contributed by atoms with Crippen molar-refractivity contribution in [3.63, 3.8) is 0 Å². The fraction of sp³-hybridized carbons (Fsp3) is 0.737. The summed E-state index contributed by atoms with van der Waals surface area (Å²) < 4.78 is 2.41. The molecular formula is C19H33ClN4O. The van der Waals surface area contributed by atoms with Crippen molar-refractivity contribution in [3.8, 4) is 0 Å². The lowest BCUT2D eigenvalue weighted by molar-refractivity contribution is 0.0946. The molecule has 2 fully saturated rings. The van der Waals surface area contributed by atoms with E-state index in [1.165, 1.54) is 37.8 Å². The monoisotopic (exact) mass is 368 g/mol. The molecule has 1 aliphatic carbocycles. The number of hydrogen-bond acceptors (Lipinski definition) is 3. The molecule has 1 saturated carbocycles. The lowest BCUT2D eigenvalue weighted by Gasteiger charge is -2.27. The predicted molar refractivity (Wildman–Crippen MR) is 105 cm³/mol. The maximum Gasteiger partial charge on any atom is 0.253 e. The number of hydrogen-bond donors (Lipinski definition) is 2. The van der Waals surface area contributed by atoms with Crippen LogP contribution in [0.25, 0.3) is 0 Å². The zero-order valence-corrected chi connectivity index (χ0v) is 16.5. The van der Waals surface area contributed by atoms with Gasteiger partial charge in [-0.05, 0) is 32.8 Å². The third-order valence-corrected chi connectivity index (χ3v) is 5.59. The molecule has 1 aromatic heterocycles. The van der Waals surface area contributed by atoms with Crippen molar-refractivity contribution in [2.45, 2.75) is 52.0 Å². The van der Waals surface area contributed by atoms with Gasteiger partial charge in [-0.15, -0.1) is 12.4 Å². The van der Waals surface area contributed by atoms with Gasteiger partial charge in [0.1, 0.15) is 0 Å². The van der Waals surface area contributed by atoms with Crippen molar-refractivity contribution in [2.75, 3.05) is 39.3 Å². The Kier molecular flexibility index (Phi) is 7.79. The molecule has 3 rings (SSSR count). The number of piperazine rings is 1. The molecule has 1 saturated heterocycles. The minimum absolute atomic E-state index is 0. The first-order valence-electron chi connectivity index (χ1n) is 9.56. The summed E-state index contributed by atoms with van der Waals surface area (Å²) in [7, 11) is 0. The zero-order valence-electron chi connectivity index (χ0n) is 15.6. The Morgan fingerprint density at radius 2 is 1.88 bits per heavy atom. The van der Waals surface area contributed by atoms with Gasteiger partial charge in [0.25, 0.3) is 5.91 Å². The van der Waals surface area contributed by atoms with Gasteiger partial charge in [0.05, 0.1) is 5.56 Å². The summed E-state index contributed by atoms with van der Waals surface area (Å²) in [5.74, 6) is 0.0836. The fourth-order valence-corrected chi connectivity index (χ4v) is 4.27. The largest absolute Gasteiger partial charge is 0.351 e. The smallest absolute Gasteiger partial charge is 0.253 e. The van der Waals surface area contributed by atoms with E-state index >= 15 is 0 Å². The third-order valence-electron chi connectivity index (χ3n) is 5.59. The summed E-state index contributed by atoms with van der Waals surface area (Å²) in [6.45, 7) is 10.2. The average Bonchev–Trinajstić information content (AvgIpc) is 2.91. The second kappa shape index (κ2) is 9.60. The average molecular weight is 369 g/mol. The molecule has 1 aromatic rings. The van der Waals surface area contributed by atoms with Crippen molar-refractivity contribution in [2.24, 2.45) is 0 Å². The van der Waals surface area contributed by atoms with Gasteiger partial charge in [-0.2, -0.15) is 0 Å². The predicted octanol–water partition coefficient (Wildman–Crippen LogP) is 2.67. The molecule has 0 bridgehead atoms. The first-order valence-corrected chi connectivity index (χ1v) is 9.56. The molecule has 0 atom stereocenters. The Labute approximate surface area is 157 Å². The molecular weight excluding hydrogens is 336 g/mol. The highest BCUT2D eigenvalue weighted by molar-refractivity contribution is 5.95. The minimum atomic E-state index is 0. The molecule has 0 unspecified atom stereocenters. The van der Waals surface area contributed by atoms with E-state index in [0.29, 0.717) is 6.04 Å². The summed E-state index contributed by atoms with van der Waals surface area (Å²) in [6, 6.07) is 2.66. The molecule has 2 heterocycles. The Balaban J connectivity index is 0.00000225. The lowest BCUT2D eigenvalue weighted by Crippen LogP contribution is -2.46. The number of aromatic nitrogens is 1. The number of nitrogens with one attached hydrogen (secondary N) is 2. The van der Waals surface area contributed by atoms with Crippen molar-refractivity contribution < 1.29 is 4.79 Å². The van der Waals surface area contributed by atoms with Gasteiger partial charge >= 0.3 is 0 Å². The van der Waals surface area contributed by atoms with E-state index in [1.54, 1.807) is 0 Å². The minimum Gasteiger partial charge on any atom is -0.351 e. The van der Waals surface area contributed by atoms with E-state index in [9.17, 15) is 4.79 Å². The van der Waals surface area contributed by atoms with Crippen LogP contribution in [-0.2, 0) is 0 Å². The maximum absolute atomic E-state index is 12.6. The number of carbonyl (C=O) groups is 1. The summed E-state index contributed by atoms with van der Waals surface area (Å²) in [4.78, 5) is 15.0. The van der Waals surface area contributed by atoms with Crippen LogP contribution in [0.2, 0.25) is 0 Å². The first-order chi connectivity index (χ1) is 11.7. The number of aryl methyl sites for hydroxylation is 1. The lowest BCUT2D eigenvalue weighted by atomic mass is 9.95. The van der Waals surface area contributed by atoms with E-state index in [0.717, 1.165) is 50.5 Å². The molecule has 142 valence electrons. The Morgan fingerprint density at radius 1 is 1.20 bits per heavy atom. The SMILES string of the molecule is Cc1cc(C(=O)NCCN2CCNCC2)c(C)n1C1CCCCC1.Cl. The molecule has 2 aliphatic rings. The normalized spacial score (nSPS) is 19.4. The van der Waals surface area contributed by atoms with Gasteiger partial charge < -0.3 is 15.2 Å². The number of amides is 1. The number of rotatable bonds is 5. The van der Waals surface area contributed by atoms with E-state index in [2.05, 4.69) is 40.0 Å². The van der Waals surface area contributed by atoms with Gasteiger partial charge in [0.15, 0.2) is 0 Å². The molecule has 1 amide bonds. The van der Waals surface area contributed by atoms with Crippen LogP contribution < -0.4 is 10.6 Å². The van der Waals surface area contributed by atoms with Gasteiger partial charge in [-0.25, -0.2) is 0 Å². The van der Waals surface area contributed by atoms with Crippen LogP contribution in [0.3, 0.4) is 0 Å². The van der Waals surface area contributed by atoms with E-state index < -0.39 is 0 Å². The molecule has 5 nitrogen and oxygen atoms in total. The van der Waals surface area contributed by atoms with Crippen LogP contribution in [0, 0.1) is 13.8 Å². The highest BCUT2D eigenvalue weighted by Gasteiger charge is 2.22. The van der Waals surface area contributed by atoms with E-state index in [4.69, 9.17) is 0 Å². The van der Waals surface area contributed by atoms with Crippen molar-refractivity contribution in [1.82, 2.24) is 20.1 Å². The number of halogens is 1. The molecule has 2 N–H and O–H groups in total. The topological polar surface area (TPSA) is 49.3 Å². The van der Waals surface area contributed by atoms with E-state index in [-0.39, 0.29) is 18.3 Å². The van der Waals surface area contributed by atoms with Gasteiger partial charge in [-0.1, -0.05) is 19.3 Å². The quantitative estimate of drug-likeness (QED) is 0.840. The van der Waals surface area contributed by atoms with Crippen LogP contribution in [0.5, 0.6) is 0 Å². The van der Waals surface area contributed by atoms with Crippen LogP contribution >= 0.6 is 12.4 Å². The number of nitrogens with zero attached hydrogens (tertiary/aromatic N) is 2. The zero-order chi connectivity index (χ0) is 16.9.